The number of benzene rings is 2. The van der Waals surface area contributed by atoms with Gasteiger partial charge in [0.1, 0.15) is 16.2 Å². The predicted octanol–water partition coefficient (Wildman–Crippen LogP) is 3.22. The van der Waals surface area contributed by atoms with Crippen LogP contribution in [0.2, 0.25) is 5.02 Å². The molecule has 0 aliphatic carbocycles. The van der Waals surface area contributed by atoms with Gasteiger partial charge in [0.05, 0.1) is 5.75 Å². The topological polar surface area (TPSA) is 98.9 Å². The van der Waals surface area contributed by atoms with Gasteiger partial charge in [-0.1, -0.05) is 23.4 Å². The lowest BCUT2D eigenvalue weighted by molar-refractivity contribution is -0.113. The van der Waals surface area contributed by atoms with E-state index in [1.54, 1.807) is 24.3 Å². The number of aryl methyl sites for hydroxylation is 1. The van der Waals surface area contributed by atoms with E-state index in [-0.39, 0.29) is 33.5 Å². The number of hydrogen-bond donors (Lipinski definition) is 1. The molecule has 0 bridgehead atoms. The standard InChI is InChI=1S/C22H17ClFN5O3S/c1-28-19-17(21(31)29(2)22(28)32)20(27-18(26-19)12-3-7-14(24)8-4-12)33-11-16(30)25-15-9-5-13(23)6-10-15/h3-10H,11H2,1-2H3,(H,25,30). The molecule has 8 nitrogen and oxygen atoms in total. The Balaban J connectivity index is 1.75. The number of carbonyl (C=O) groups excluding carboxylic acids is 1. The Kier molecular flexibility index (Phi) is 6.30. The summed E-state index contributed by atoms with van der Waals surface area (Å²) in [5, 5.41) is 3.65. The van der Waals surface area contributed by atoms with Gasteiger partial charge >= 0.3 is 5.69 Å². The van der Waals surface area contributed by atoms with Crippen LogP contribution in [0.4, 0.5) is 10.1 Å². The molecule has 0 unspecified atom stereocenters. The average molecular weight is 486 g/mol. The van der Waals surface area contributed by atoms with Gasteiger partial charge in [-0.3, -0.25) is 18.7 Å². The van der Waals surface area contributed by atoms with Crippen LogP contribution < -0.4 is 16.6 Å². The number of anilines is 1. The van der Waals surface area contributed by atoms with Gasteiger partial charge in [-0.2, -0.15) is 0 Å². The van der Waals surface area contributed by atoms with E-state index < -0.39 is 17.1 Å². The lowest BCUT2D eigenvalue weighted by Crippen LogP contribution is -2.37. The molecule has 1 amide bonds. The maximum Gasteiger partial charge on any atom is 0.332 e. The lowest BCUT2D eigenvalue weighted by Gasteiger charge is -2.12. The first-order valence-electron chi connectivity index (χ1n) is 9.66. The van der Waals surface area contributed by atoms with Crippen molar-refractivity contribution in [1.29, 1.82) is 0 Å². The van der Waals surface area contributed by atoms with Gasteiger partial charge in [0, 0.05) is 30.4 Å². The Labute approximate surface area is 196 Å². The second-order valence-electron chi connectivity index (χ2n) is 7.11. The zero-order valence-corrected chi connectivity index (χ0v) is 19.1. The molecule has 2 aromatic carbocycles. The molecule has 168 valence electrons. The average Bonchev–Trinajstić information content (AvgIpc) is 2.81. The number of fused-ring (bicyclic) bond motifs is 1. The largest absolute Gasteiger partial charge is 0.332 e. The number of nitrogens with zero attached hydrogens (tertiary/aromatic N) is 4. The van der Waals surface area contributed by atoms with E-state index in [2.05, 4.69) is 15.3 Å². The highest BCUT2D eigenvalue weighted by molar-refractivity contribution is 8.00. The summed E-state index contributed by atoms with van der Waals surface area (Å²) >= 11 is 6.90. The zero-order valence-electron chi connectivity index (χ0n) is 17.5. The third-order valence-electron chi connectivity index (χ3n) is 4.84. The van der Waals surface area contributed by atoms with Crippen LogP contribution in [-0.2, 0) is 18.9 Å². The number of carbonyl (C=O) groups is 1. The van der Waals surface area contributed by atoms with Gasteiger partial charge in [-0.05, 0) is 48.5 Å². The van der Waals surface area contributed by atoms with Crippen LogP contribution in [0, 0.1) is 5.82 Å². The number of nitrogens with one attached hydrogen (secondary N) is 1. The number of halogens is 2. The Morgan fingerprint density at radius 1 is 1.03 bits per heavy atom. The first-order chi connectivity index (χ1) is 15.7. The van der Waals surface area contributed by atoms with Crippen LogP contribution in [0.3, 0.4) is 0 Å². The van der Waals surface area contributed by atoms with E-state index >= 15 is 0 Å². The van der Waals surface area contributed by atoms with Gasteiger partial charge in [0.15, 0.2) is 11.5 Å². The molecule has 2 aromatic heterocycles. The predicted molar refractivity (Wildman–Crippen MR) is 126 cm³/mol. The van der Waals surface area contributed by atoms with Crippen LogP contribution in [0.15, 0.2) is 63.1 Å². The monoisotopic (exact) mass is 485 g/mol. The van der Waals surface area contributed by atoms with Gasteiger partial charge in [-0.15, -0.1) is 0 Å². The summed E-state index contributed by atoms with van der Waals surface area (Å²) in [4.78, 5) is 46.7. The normalized spacial score (nSPS) is 11.0. The van der Waals surface area contributed by atoms with E-state index in [1.165, 1.54) is 42.9 Å². The highest BCUT2D eigenvalue weighted by Gasteiger charge is 2.19. The molecule has 0 spiro atoms. The van der Waals surface area contributed by atoms with Crippen LogP contribution >= 0.6 is 23.4 Å². The van der Waals surface area contributed by atoms with E-state index in [0.29, 0.717) is 16.3 Å². The molecule has 0 saturated carbocycles. The van der Waals surface area contributed by atoms with Crippen molar-refractivity contribution in [2.24, 2.45) is 14.1 Å². The van der Waals surface area contributed by atoms with Gasteiger partial charge in [-0.25, -0.2) is 19.2 Å². The number of aromatic nitrogens is 4. The minimum atomic E-state index is -0.570. The van der Waals surface area contributed by atoms with Crippen molar-refractivity contribution >= 4 is 46.0 Å². The number of thioether (sulfide) groups is 1. The molecule has 1 N–H and O–H groups in total. The van der Waals surface area contributed by atoms with Crippen molar-refractivity contribution in [2.75, 3.05) is 11.1 Å². The Bertz CT molecular complexity index is 1480. The third-order valence-corrected chi connectivity index (χ3v) is 6.06. The van der Waals surface area contributed by atoms with Crippen molar-refractivity contribution in [3.63, 3.8) is 0 Å². The van der Waals surface area contributed by atoms with Gasteiger partial charge < -0.3 is 5.32 Å². The molecule has 0 saturated heterocycles. The second-order valence-corrected chi connectivity index (χ2v) is 8.51. The minimum absolute atomic E-state index is 0.0520. The third kappa shape index (κ3) is 4.67. The Morgan fingerprint density at radius 2 is 1.70 bits per heavy atom. The molecule has 0 aliphatic heterocycles. The molecule has 4 aromatic rings. The summed E-state index contributed by atoms with van der Waals surface area (Å²) in [7, 11) is 2.85. The van der Waals surface area contributed by atoms with E-state index in [4.69, 9.17) is 11.6 Å². The van der Waals surface area contributed by atoms with E-state index in [9.17, 15) is 18.8 Å². The highest BCUT2D eigenvalue weighted by atomic mass is 35.5. The summed E-state index contributed by atoms with van der Waals surface area (Å²) in [6, 6.07) is 12.2. The van der Waals surface area contributed by atoms with Crippen LogP contribution in [0.5, 0.6) is 0 Å². The zero-order chi connectivity index (χ0) is 23.7. The van der Waals surface area contributed by atoms with Crippen LogP contribution in [-0.4, -0.2) is 30.8 Å². The van der Waals surface area contributed by atoms with Crippen molar-refractivity contribution in [1.82, 2.24) is 19.1 Å². The van der Waals surface area contributed by atoms with Crippen LogP contribution in [0.25, 0.3) is 22.4 Å². The quantitative estimate of drug-likeness (QED) is 0.344. The first-order valence-corrected chi connectivity index (χ1v) is 11.0. The lowest BCUT2D eigenvalue weighted by atomic mass is 10.2. The summed E-state index contributed by atoms with van der Waals surface area (Å²) < 4.78 is 15.6. The van der Waals surface area contributed by atoms with Crippen molar-refractivity contribution < 1.29 is 9.18 Å². The minimum Gasteiger partial charge on any atom is -0.325 e. The molecule has 0 atom stereocenters. The fraction of sp³-hybridized carbons (Fsp3) is 0.136. The summed E-state index contributed by atoms with van der Waals surface area (Å²) in [5.74, 6) is -0.594. The smallest absolute Gasteiger partial charge is 0.325 e. The SMILES string of the molecule is Cn1c(=O)c2c(SCC(=O)Nc3ccc(Cl)cc3)nc(-c3ccc(F)cc3)nc2n(C)c1=O. The second kappa shape index (κ2) is 9.16. The van der Waals surface area contributed by atoms with Crippen molar-refractivity contribution in [2.45, 2.75) is 5.03 Å². The molecular formula is C22H17ClFN5O3S. The maximum atomic E-state index is 13.4. The molecule has 2 heterocycles. The van der Waals surface area contributed by atoms with E-state index in [1.807, 2.05) is 0 Å². The van der Waals surface area contributed by atoms with Gasteiger partial charge in [0.25, 0.3) is 5.56 Å². The molecule has 4 rings (SSSR count). The number of amides is 1. The summed E-state index contributed by atoms with van der Waals surface area (Å²) in [5.41, 5.74) is 0.0758. The number of hydrogen-bond acceptors (Lipinski definition) is 6. The first kappa shape index (κ1) is 22.7. The van der Waals surface area contributed by atoms with Crippen molar-refractivity contribution in [3.05, 3.63) is 80.2 Å². The van der Waals surface area contributed by atoms with E-state index in [0.717, 1.165) is 16.3 Å². The molecular weight excluding hydrogens is 469 g/mol. The number of rotatable bonds is 5. The molecule has 0 aliphatic rings. The summed E-state index contributed by atoms with van der Waals surface area (Å²) in [6.07, 6.45) is 0. The fourth-order valence-electron chi connectivity index (χ4n) is 3.13. The highest BCUT2D eigenvalue weighted by Crippen LogP contribution is 2.26. The molecule has 11 heteroatoms. The summed E-state index contributed by atoms with van der Waals surface area (Å²) in [6.45, 7) is 0. The van der Waals surface area contributed by atoms with Gasteiger partial charge in [0.2, 0.25) is 5.91 Å². The molecule has 0 fully saturated rings. The maximum absolute atomic E-state index is 13.4. The Morgan fingerprint density at radius 3 is 2.36 bits per heavy atom. The molecule has 0 radical (unpaired) electrons. The fourth-order valence-corrected chi connectivity index (χ4v) is 4.07. The Hall–Kier alpha value is -3.50. The van der Waals surface area contributed by atoms with Crippen LogP contribution in [0.1, 0.15) is 0 Å². The van der Waals surface area contributed by atoms with Crippen molar-refractivity contribution in [3.8, 4) is 11.4 Å². The molecule has 33 heavy (non-hydrogen) atoms.